The maximum absolute atomic E-state index is 12.1. The van der Waals surface area contributed by atoms with Crippen molar-refractivity contribution in [1.29, 1.82) is 0 Å². The molecular weight excluding hydrogens is 400 g/mol. The molecule has 0 aliphatic rings. The van der Waals surface area contributed by atoms with Gasteiger partial charge in [0.25, 0.3) is 11.8 Å². The van der Waals surface area contributed by atoms with Crippen molar-refractivity contribution in [2.24, 2.45) is 0 Å². The Morgan fingerprint density at radius 1 is 0.742 bits per heavy atom. The van der Waals surface area contributed by atoms with Gasteiger partial charge in [-0.2, -0.15) is 0 Å². The minimum absolute atomic E-state index is 0.100. The summed E-state index contributed by atoms with van der Waals surface area (Å²) in [6.07, 6.45) is 8.05. The molecule has 0 bridgehead atoms. The Labute approximate surface area is 183 Å². The van der Waals surface area contributed by atoms with E-state index in [2.05, 4.69) is 10.3 Å². The fourth-order valence-corrected chi connectivity index (χ4v) is 3.84. The molecule has 8 heteroatoms. The first-order valence-corrected chi connectivity index (χ1v) is 10.8. The third kappa shape index (κ3) is 7.22. The van der Waals surface area contributed by atoms with Crippen LogP contribution in [0.2, 0.25) is 0 Å². The Morgan fingerprint density at radius 3 is 1.42 bits per heavy atom. The van der Waals surface area contributed by atoms with Gasteiger partial charge in [-0.3, -0.25) is 9.59 Å². The van der Waals surface area contributed by atoms with E-state index in [1.807, 2.05) is 27.7 Å². The number of aromatic nitrogens is 2. The molecule has 172 valence electrons. The van der Waals surface area contributed by atoms with E-state index in [9.17, 15) is 19.8 Å². The summed E-state index contributed by atoms with van der Waals surface area (Å²) in [5.74, 6) is 0.109. The minimum atomic E-state index is -0.322. The third-order valence-corrected chi connectivity index (χ3v) is 5.99. The molecule has 0 spiro atoms. The third-order valence-electron chi connectivity index (χ3n) is 5.99. The van der Waals surface area contributed by atoms with Crippen molar-refractivity contribution < 1.29 is 28.8 Å². The SMILES string of the molecule is CC(C)(CCCC(=O)CCCC(=O)CCCC(C)(C)c1conc1O)c1conc1O. The summed E-state index contributed by atoms with van der Waals surface area (Å²) >= 11 is 0. The predicted molar refractivity (Wildman–Crippen MR) is 114 cm³/mol. The van der Waals surface area contributed by atoms with Gasteiger partial charge in [-0.1, -0.05) is 27.7 Å². The summed E-state index contributed by atoms with van der Waals surface area (Å²) in [6, 6.07) is 0. The van der Waals surface area contributed by atoms with Crippen LogP contribution in [0.25, 0.3) is 0 Å². The molecule has 2 aromatic heterocycles. The lowest BCUT2D eigenvalue weighted by atomic mass is 9.81. The highest BCUT2D eigenvalue weighted by atomic mass is 16.5. The lowest BCUT2D eigenvalue weighted by Crippen LogP contribution is -2.17. The second-order valence-corrected chi connectivity index (χ2v) is 9.51. The Bertz CT molecular complexity index is 795. The van der Waals surface area contributed by atoms with Gasteiger partial charge in [0.1, 0.15) is 24.1 Å². The van der Waals surface area contributed by atoms with Crippen molar-refractivity contribution >= 4 is 11.6 Å². The van der Waals surface area contributed by atoms with Crippen LogP contribution in [0, 0.1) is 0 Å². The van der Waals surface area contributed by atoms with Crippen molar-refractivity contribution in [2.45, 2.75) is 96.3 Å². The monoisotopic (exact) mass is 434 g/mol. The molecule has 0 saturated carbocycles. The molecule has 2 aromatic rings. The summed E-state index contributed by atoms with van der Waals surface area (Å²) < 4.78 is 9.58. The molecule has 2 heterocycles. The van der Waals surface area contributed by atoms with Crippen LogP contribution >= 0.6 is 0 Å². The van der Waals surface area contributed by atoms with E-state index in [1.165, 1.54) is 12.5 Å². The average molecular weight is 435 g/mol. The first kappa shape index (κ1) is 24.6. The van der Waals surface area contributed by atoms with Crippen LogP contribution in [0.15, 0.2) is 21.6 Å². The van der Waals surface area contributed by atoms with E-state index in [0.29, 0.717) is 56.1 Å². The normalized spacial score (nSPS) is 12.3. The Hall–Kier alpha value is -2.64. The largest absolute Gasteiger partial charge is 0.491 e. The smallest absolute Gasteiger partial charge is 0.255 e. The van der Waals surface area contributed by atoms with Crippen molar-refractivity contribution in [2.75, 3.05) is 0 Å². The second kappa shape index (κ2) is 10.6. The number of hydrogen-bond donors (Lipinski definition) is 2. The number of aromatic hydroxyl groups is 2. The first-order chi connectivity index (χ1) is 14.5. The zero-order valence-corrected chi connectivity index (χ0v) is 18.9. The van der Waals surface area contributed by atoms with Crippen LogP contribution < -0.4 is 0 Å². The fourth-order valence-electron chi connectivity index (χ4n) is 3.84. The summed E-state index contributed by atoms with van der Waals surface area (Å²) in [6.45, 7) is 7.92. The van der Waals surface area contributed by atoms with Crippen LogP contribution in [0.1, 0.15) is 96.6 Å². The molecule has 0 amide bonds. The maximum Gasteiger partial charge on any atom is 0.255 e. The van der Waals surface area contributed by atoms with E-state index in [4.69, 9.17) is 9.05 Å². The van der Waals surface area contributed by atoms with Gasteiger partial charge in [0.05, 0.1) is 11.1 Å². The molecule has 0 aliphatic heterocycles. The van der Waals surface area contributed by atoms with E-state index in [1.54, 1.807) is 0 Å². The van der Waals surface area contributed by atoms with Gasteiger partial charge in [0.2, 0.25) is 0 Å². The van der Waals surface area contributed by atoms with Gasteiger partial charge in [0, 0.05) is 25.7 Å². The van der Waals surface area contributed by atoms with Crippen molar-refractivity contribution in [3.05, 3.63) is 23.7 Å². The molecule has 0 fully saturated rings. The van der Waals surface area contributed by atoms with Gasteiger partial charge in [-0.25, -0.2) is 0 Å². The standard InChI is InChI=1S/C23H34N2O6/c1-22(2,18-14-30-24-20(18)28)12-6-10-16(26)8-5-9-17(27)11-7-13-23(3,4)19-15-31-25-21(19)29/h14-15H,5-13H2,1-4H3,(H,24,28)(H,25,29). The molecule has 2 N–H and O–H groups in total. The summed E-state index contributed by atoms with van der Waals surface area (Å²) in [7, 11) is 0. The number of hydrogen-bond acceptors (Lipinski definition) is 8. The topological polar surface area (TPSA) is 127 Å². The molecule has 31 heavy (non-hydrogen) atoms. The van der Waals surface area contributed by atoms with Gasteiger partial charge in [-0.05, 0) is 53.2 Å². The highest BCUT2D eigenvalue weighted by Gasteiger charge is 2.27. The number of Topliss-reactive ketones (excluding diaryl/α,β-unsaturated/α-hetero) is 2. The molecule has 0 atom stereocenters. The number of nitrogens with zero attached hydrogens (tertiary/aromatic N) is 2. The summed E-state index contributed by atoms with van der Waals surface area (Å²) in [5, 5.41) is 26.4. The highest BCUT2D eigenvalue weighted by Crippen LogP contribution is 2.35. The molecule has 8 nitrogen and oxygen atoms in total. The highest BCUT2D eigenvalue weighted by molar-refractivity contribution is 5.81. The number of ketones is 2. The van der Waals surface area contributed by atoms with Crippen LogP contribution in [0.3, 0.4) is 0 Å². The zero-order chi connectivity index (χ0) is 23.1. The Morgan fingerprint density at radius 2 is 1.10 bits per heavy atom. The average Bonchev–Trinajstić information content (AvgIpc) is 3.30. The van der Waals surface area contributed by atoms with Crippen molar-refractivity contribution in [1.82, 2.24) is 10.3 Å². The molecule has 0 saturated heterocycles. The molecule has 0 radical (unpaired) electrons. The van der Waals surface area contributed by atoms with Crippen LogP contribution in [-0.2, 0) is 20.4 Å². The molecule has 2 rings (SSSR count). The van der Waals surface area contributed by atoms with Gasteiger partial charge < -0.3 is 19.3 Å². The first-order valence-electron chi connectivity index (χ1n) is 10.8. The Balaban J connectivity index is 1.60. The van der Waals surface area contributed by atoms with Gasteiger partial charge in [-0.15, -0.1) is 0 Å². The van der Waals surface area contributed by atoms with Crippen molar-refractivity contribution in [3.8, 4) is 11.8 Å². The zero-order valence-electron chi connectivity index (χ0n) is 18.9. The maximum atomic E-state index is 12.1. The lowest BCUT2D eigenvalue weighted by molar-refractivity contribution is -0.120. The fraction of sp³-hybridized carbons (Fsp3) is 0.652. The van der Waals surface area contributed by atoms with Crippen LogP contribution in [-0.4, -0.2) is 32.1 Å². The Kier molecular flexibility index (Phi) is 8.42. The van der Waals surface area contributed by atoms with Gasteiger partial charge in [0.15, 0.2) is 0 Å². The van der Waals surface area contributed by atoms with Crippen molar-refractivity contribution in [3.63, 3.8) is 0 Å². The second-order valence-electron chi connectivity index (χ2n) is 9.51. The van der Waals surface area contributed by atoms with E-state index in [-0.39, 0.29) is 34.2 Å². The number of carbonyl (C=O) groups is 2. The summed E-state index contributed by atoms with van der Waals surface area (Å²) in [5.41, 5.74) is 0.649. The van der Waals surface area contributed by atoms with E-state index in [0.717, 1.165) is 12.8 Å². The van der Waals surface area contributed by atoms with E-state index < -0.39 is 0 Å². The lowest BCUT2D eigenvalue weighted by Gasteiger charge is -2.22. The molecular formula is C23H34N2O6. The minimum Gasteiger partial charge on any atom is -0.491 e. The van der Waals surface area contributed by atoms with Gasteiger partial charge >= 0.3 is 0 Å². The molecule has 0 aromatic carbocycles. The number of carbonyl (C=O) groups excluding carboxylic acids is 2. The predicted octanol–water partition coefficient (Wildman–Crippen LogP) is 4.98. The molecule has 0 unspecified atom stereocenters. The summed E-state index contributed by atoms with van der Waals surface area (Å²) in [4.78, 5) is 24.3. The van der Waals surface area contributed by atoms with Crippen LogP contribution in [0.5, 0.6) is 11.8 Å². The quantitative estimate of drug-likeness (QED) is 0.426. The number of rotatable bonds is 14. The molecule has 0 aliphatic carbocycles. The van der Waals surface area contributed by atoms with Crippen LogP contribution in [0.4, 0.5) is 0 Å². The van der Waals surface area contributed by atoms with E-state index >= 15 is 0 Å².